The number of nitrogens with zero attached hydrogens (tertiary/aromatic N) is 3. The molecular weight excluding hydrogens is 596 g/mol. The highest BCUT2D eigenvalue weighted by Gasteiger charge is 2.54. The second-order valence-electron chi connectivity index (χ2n) is 11.2. The Kier molecular flexibility index (Phi) is 12.1. The third-order valence-corrected chi connectivity index (χ3v) is 8.44. The van der Waals surface area contributed by atoms with E-state index < -0.39 is 23.3 Å². The Balaban J connectivity index is 0.000000250. The fourth-order valence-corrected chi connectivity index (χ4v) is 6.05. The van der Waals surface area contributed by atoms with Gasteiger partial charge in [0.25, 0.3) is 0 Å². The molecule has 226 valence electrons. The van der Waals surface area contributed by atoms with Gasteiger partial charge in [-0.15, -0.1) is 0 Å². The van der Waals surface area contributed by atoms with Crippen LogP contribution in [0.1, 0.15) is 52.0 Å². The minimum atomic E-state index is -1.26. The zero-order valence-electron chi connectivity index (χ0n) is 25.1. The number of amides is 5. The highest BCUT2D eigenvalue weighted by Crippen LogP contribution is 2.39. The molecule has 0 radical (unpaired) electrons. The molecule has 1 N–H and O–H groups in total. The van der Waals surface area contributed by atoms with Gasteiger partial charge in [0.2, 0.25) is 17.7 Å². The summed E-state index contributed by atoms with van der Waals surface area (Å²) in [6.07, 6.45) is 3.93. The summed E-state index contributed by atoms with van der Waals surface area (Å²) < 4.78 is 0.553. The summed E-state index contributed by atoms with van der Waals surface area (Å²) in [6.45, 7) is 12.4. The van der Waals surface area contributed by atoms with E-state index in [2.05, 4.69) is 75.2 Å². The molecule has 2 aliphatic heterocycles. The van der Waals surface area contributed by atoms with E-state index in [1.165, 1.54) is 12.6 Å². The molecule has 0 spiro atoms. The van der Waals surface area contributed by atoms with Crippen LogP contribution in [-0.4, -0.2) is 66.3 Å². The number of imide groups is 2. The zero-order valence-corrected chi connectivity index (χ0v) is 26.7. The number of likely N-dealkylation sites (tertiary alicyclic amines) is 1. The summed E-state index contributed by atoms with van der Waals surface area (Å²) in [4.78, 5) is 53.6. The van der Waals surface area contributed by atoms with Gasteiger partial charge in [-0.25, -0.2) is 4.79 Å². The maximum Gasteiger partial charge on any atom is 0.330 e. The summed E-state index contributed by atoms with van der Waals surface area (Å²) in [5.74, 6) is -1.04. The molecule has 42 heavy (non-hydrogen) atoms. The predicted octanol–water partition coefficient (Wildman–Crippen LogP) is 5.77. The molecule has 0 bridgehead atoms. The molecule has 2 heterocycles. The quantitative estimate of drug-likeness (QED) is 0.352. The SMILES string of the molecule is C=C(Br)CC1(C(C)C)C(=O)NC(=O)N(C)C1=O.CCC(=O)N(c1ccccc1)C1CCN(CCc2ccccc2)CC1. The fraction of sp³-hybridized carbons (Fsp3) is 0.455. The van der Waals surface area contributed by atoms with Gasteiger partial charge in [0.15, 0.2) is 0 Å². The number of carbonyl (C=O) groups excluding carboxylic acids is 4. The average Bonchev–Trinajstić information content (AvgIpc) is 2.99. The first kappa shape index (κ1) is 33.2. The normalized spacial score (nSPS) is 19.7. The van der Waals surface area contributed by atoms with Crippen molar-refractivity contribution in [2.75, 3.05) is 31.6 Å². The minimum absolute atomic E-state index is 0.174. The van der Waals surface area contributed by atoms with Crippen LogP contribution in [0.15, 0.2) is 71.7 Å². The fourth-order valence-electron chi connectivity index (χ4n) is 5.60. The Bertz CT molecular complexity index is 1250. The molecule has 9 heteroatoms. The van der Waals surface area contributed by atoms with Crippen molar-refractivity contribution in [3.8, 4) is 0 Å². The molecule has 2 aliphatic rings. The second-order valence-corrected chi connectivity index (χ2v) is 12.3. The van der Waals surface area contributed by atoms with Crippen molar-refractivity contribution in [2.45, 2.75) is 58.9 Å². The van der Waals surface area contributed by atoms with Gasteiger partial charge in [-0.3, -0.25) is 24.6 Å². The molecule has 1 unspecified atom stereocenters. The van der Waals surface area contributed by atoms with Crippen LogP contribution in [0.5, 0.6) is 0 Å². The molecule has 0 saturated carbocycles. The first-order valence-corrected chi connectivity index (χ1v) is 15.4. The Hall–Kier alpha value is -3.30. The van der Waals surface area contributed by atoms with Gasteiger partial charge in [0.05, 0.1) is 0 Å². The van der Waals surface area contributed by atoms with E-state index in [1.54, 1.807) is 13.8 Å². The molecule has 0 aromatic heterocycles. The number of piperidine rings is 1. The smallest absolute Gasteiger partial charge is 0.309 e. The number of barbiturate groups is 1. The lowest BCUT2D eigenvalue weighted by atomic mass is 9.71. The number of anilines is 1. The van der Waals surface area contributed by atoms with Gasteiger partial charge in [0, 0.05) is 51.3 Å². The van der Waals surface area contributed by atoms with Gasteiger partial charge in [-0.1, -0.05) is 91.8 Å². The maximum absolute atomic E-state index is 12.5. The molecule has 1 atom stereocenters. The van der Waals surface area contributed by atoms with Gasteiger partial charge < -0.3 is 9.80 Å². The lowest BCUT2D eigenvalue weighted by Crippen LogP contribution is -2.64. The Labute approximate surface area is 258 Å². The number of benzene rings is 2. The number of nitrogens with one attached hydrogen (secondary N) is 1. The Morgan fingerprint density at radius 3 is 2.14 bits per heavy atom. The lowest BCUT2D eigenvalue weighted by molar-refractivity contribution is -0.153. The van der Waals surface area contributed by atoms with Crippen molar-refractivity contribution >= 4 is 45.4 Å². The van der Waals surface area contributed by atoms with Gasteiger partial charge in [0.1, 0.15) is 5.41 Å². The molecule has 2 aromatic rings. The number of carbonyl (C=O) groups is 4. The van der Waals surface area contributed by atoms with Crippen molar-refractivity contribution in [1.82, 2.24) is 15.1 Å². The molecule has 2 saturated heterocycles. The van der Waals surface area contributed by atoms with Gasteiger partial charge in [-0.2, -0.15) is 0 Å². The zero-order chi connectivity index (χ0) is 30.9. The number of urea groups is 1. The van der Waals surface area contributed by atoms with Crippen molar-refractivity contribution in [3.05, 3.63) is 77.3 Å². The Morgan fingerprint density at radius 1 is 1.05 bits per heavy atom. The van der Waals surface area contributed by atoms with E-state index in [0.29, 0.717) is 16.9 Å². The van der Waals surface area contributed by atoms with Crippen molar-refractivity contribution < 1.29 is 19.2 Å². The van der Waals surface area contributed by atoms with Crippen LogP contribution in [0.2, 0.25) is 0 Å². The number of hydrogen-bond donors (Lipinski definition) is 1. The summed E-state index contributed by atoms with van der Waals surface area (Å²) in [5, 5.41) is 2.20. The number of hydrogen-bond acceptors (Lipinski definition) is 5. The standard InChI is InChI=1S/C22H28N2O.C11H15BrN2O3/c1-2-22(25)24(20-11-7-4-8-12-20)21-14-17-23(18-15-21)16-13-19-9-5-3-6-10-19;1-6(2)11(5-7(3)12)8(15)13-10(17)14(4)9(11)16/h3-12,21H,2,13-18H2,1H3;6H,3,5H2,1-2,4H3,(H,13,15,17). The molecule has 5 amide bonds. The van der Waals surface area contributed by atoms with E-state index in [1.807, 2.05) is 30.0 Å². The maximum atomic E-state index is 12.5. The number of rotatable bonds is 9. The molecule has 2 aromatic carbocycles. The van der Waals surface area contributed by atoms with Gasteiger partial charge >= 0.3 is 6.03 Å². The summed E-state index contributed by atoms with van der Waals surface area (Å²) in [5.41, 5.74) is 1.18. The lowest BCUT2D eigenvalue weighted by Gasteiger charge is -2.40. The number of para-hydroxylation sites is 1. The van der Waals surface area contributed by atoms with E-state index >= 15 is 0 Å². The minimum Gasteiger partial charge on any atom is -0.309 e. The second kappa shape index (κ2) is 15.3. The van der Waals surface area contributed by atoms with Crippen molar-refractivity contribution in [2.24, 2.45) is 11.3 Å². The number of halogens is 1. The Morgan fingerprint density at radius 2 is 1.62 bits per heavy atom. The van der Waals surface area contributed by atoms with Gasteiger partial charge in [-0.05, 0) is 47.4 Å². The highest BCUT2D eigenvalue weighted by molar-refractivity contribution is 9.11. The van der Waals surface area contributed by atoms with Crippen LogP contribution in [0, 0.1) is 11.3 Å². The first-order valence-electron chi connectivity index (χ1n) is 14.6. The summed E-state index contributed by atoms with van der Waals surface area (Å²) in [7, 11) is 1.36. The molecule has 8 nitrogen and oxygen atoms in total. The first-order chi connectivity index (χ1) is 20.0. The van der Waals surface area contributed by atoms with E-state index in [9.17, 15) is 19.2 Å². The van der Waals surface area contributed by atoms with Crippen molar-refractivity contribution in [1.29, 1.82) is 0 Å². The molecule has 0 aliphatic carbocycles. The summed E-state index contributed by atoms with van der Waals surface area (Å²) >= 11 is 3.17. The topological polar surface area (TPSA) is 90.0 Å². The van der Waals surface area contributed by atoms with E-state index in [-0.39, 0.29) is 18.2 Å². The van der Waals surface area contributed by atoms with Crippen LogP contribution >= 0.6 is 15.9 Å². The monoisotopic (exact) mass is 638 g/mol. The van der Waals surface area contributed by atoms with Crippen LogP contribution in [0.4, 0.5) is 10.5 Å². The van der Waals surface area contributed by atoms with Crippen LogP contribution < -0.4 is 10.2 Å². The third-order valence-electron chi connectivity index (χ3n) is 8.16. The largest absolute Gasteiger partial charge is 0.330 e. The molecule has 2 fully saturated rings. The molecule has 4 rings (SSSR count). The van der Waals surface area contributed by atoms with E-state index in [4.69, 9.17) is 0 Å². The third kappa shape index (κ3) is 7.95. The van der Waals surface area contributed by atoms with Crippen molar-refractivity contribution in [3.63, 3.8) is 0 Å². The molecular formula is C33H43BrN4O4. The summed E-state index contributed by atoms with van der Waals surface area (Å²) in [6, 6.07) is 20.5. The highest BCUT2D eigenvalue weighted by atomic mass is 79.9. The number of allylic oxidation sites excluding steroid dienone is 1. The average molecular weight is 640 g/mol. The predicted molar refractivity (Wildman–Crippen MR) is 170 cm³/mol. The van der Waals surface area contributed by atoms with Crippen LogP contribution in [-0.2, 0) is 20.8 Å². The van der Waals surface area contributed by atoms with E-state index in [0.717, 1.165) is 49.5 Å². The van der Waals surface area contributed by atoms with Crippen LogP contribution in [0.3, 0.4) is 0 Å². The van der Waals surface area contributed by atoms with Crippen LogP contribution in [0.25, 0.3) is 0 Å².